The van der Waals surface area contributed by atoms with Crippen LogP contribution in [0.15, 0.2) is 6.20 Å². The molecule has 5 heteroatoms. The fourth-order valence-electron chi connectivity index (χ4n) is 3.22. The van der Waals surface area contributed by atoms with Gasteiger partial charge in [0.15, 0.2) is 0 Å². The van der Waals surface area contributed by atoms with Crippen LogP contribution in [0.1, 0.15) is 44.9 Å². The van der Waals surface area contributed by atoms with Crippen LogP contribution in [0.25, 0.3) is 0 Å². The van der Waals surface area contributed by atoms with E-state index in [-0.39, 0.29) is 5.92 Å². The standard InChI is InChI=1S/C16H27N3O2/c1-5-14-12(9-18(4)17-14)10-19-8-6-7-13(11-19)16(2,3)15(20)21/h9,13H,5-8,10-11H2,1-4H3,(H,20,21). The van der Waals surface area contributed by atoms with Crippen LogP contribution in [0.4, 0.5) is 0 Å². The lowest BCUT2D eigenvalue weighted by Gasteiger charge is -2.39. The SMILES string of the molecule is CCc1nn(C)cc1CN1CCCC(C(C)(C)C(=O)O)C1. The summed E-state index contributed by atoms with van der Waals surface area (Å²) in [7, 11) is 1.95. The lowest BCUT2D eigenvalue weighted by Crippen LogP contribution is -2.44. The molecule has 0 saturated carbocycles. The summed E-state index contributed by atoms with van der Waals surface area (Å²) in [6.45, 7) is 8.61. The molecule has 1 saturated heterocycles. The van der Waals surface area contributed by atoms with E-state index >= 15 is 0 Å². The van der Waals surface area contributed by atoms with Crippen molar-refractivity contribution in [3.63, 3.8) is 0 Å². The van der Waals surface area contributed by atoms with Crippen molar-refractivity contribution in [2.75, 3.05) is 13.1 Å². The van der Waals surface area contributed by atoms with Gasteiger partial charge in [0.05, 0.1) is 11.1 Å². The van der Waals surface area contributed by atoms with Gasteiger partial charge in [0, 0.05) is 31.9 Å². The number of aryl methyl sites for hydroxylation is 2. The van der Waals surface area contributed by atoms with E-state index in [1.165, 1.54) is 5.56 Å². The Hall–Kier alpha value is -1.36. The van der Waals surface area contributed by atoms with Crippen LogP contribution in [0.3, 0.4) is 0 Å². The Kier molecular flexibility index (Phi) is 4.71. The number of aromatic nitrogens is 2. The average molecular weight is 293 g/mol. The zero-order chi connectivity index (χ0) is 15.6. The van der Waals surface area contributed by atoms with Crippen molar-refractivity contribution in [2.24, 2.45) is 18.4 Å². The van der Waals surface area contributed by atoms with Crippen LogP contribution >= 0.6 is 0 Å². The lowest BCUT2D eigenvalue weighted by atomic mass is 9.74. The van der Waals surface area contributed by atoms with Gasteiger partial charge in [-0.2, -0.15) is 5.10 Å². The minimum absolute atomic E-state index is 0.213. The van der Waals surface area contributed by atoms with Crippen molar-refractivity contribution in [1.29, 1.82) is 0 Å². The minimum Gasteiger partial charge on any atom is -0.481 e. The van der Waals surface area contributed by atoms with Gasteiger partial charge in [-0.3, -0.25) is 14.4 Å². The number of carboxylic acids is 1. The molecule has 1 atom stereocenters. The number of piperidine rings is 1. The molecule has 1 aromatic heterocycles. The highest BCUT2D eigenvalue weighted by Gasteiger charge is 2.39. The van der Waals surface area contributed by atoms with Crippen molar-refractivity contribution in [1.82, 2.24) is 14.7 Å². The molecule has 1 aliphatic heterocycles. The van der Waals surface area contributed by atoms with E-state index in [9.17, 15) is 9.90 Å². The molecule has 0 bridgehead atoms. The largest absolute Gasteiger partial charge is 0.481 e. The molecule has 5 nitrogen and oxygen atoms in total. The molecule has 1 aliphatic rings. The van der Waals surface area contributed by atoms with E-state index in [0.29, 0.717) is 0 Å². The molecule has 0 spiro atoms. The Balaban J connectivity index is 2.06. The molecule has 1 fully saturated rings. The molecule has 1 aromatic rings. The molecule has 1 N–H and O–H groups in total. The zero-order valence-electron chi connectivity index (χ0n) is 13.6. The van der Waals surface area contributed by atoms with Crippen molar-refractivity contribution in [3.8, 4) is 0 Å². The van der Waals surface area contributed by atoms with Gasteiger partial charge in [0.2, 0.25) is 0 Å². The predicted octanol–water partition coefficient (Wildman–Crippen LogP) is 2.31. The number of carboxylic acid groups (broad SMARTS) is 1. The summed E-state index contributed by atoms with van der Waals surface area (Å²) < 4.78 is 1.87. The Bertz CT molecular complexity index is 508. The van der Waals surface area contributed by atoms with Crippen LogP contribution in [0, 0.1) is 11.3 Å². The molecule has 0 radical (unpaired) electrons. The molecule has 1 unspecified atom stereocenters. The number of likely N-dealkylation sites (tertiary alicyclic amines) is 1. The van der Waals surface area contributed by atoms with Crippen molar-refractivity contribution in [3.05, 3.63) is 17.5 Å². The van der Waals surface area contributed by atoms with E-state index in [1.54, 1.807) is 0 Å². The Morgan fingerprint density at radius 1 is 1.52 bits per heavy atom. The van der Waals surface area contributed by atoms with Gasteiger partial charge < -0.3 is 5.11 Å². The summed E-state index contributed by atoms with van der Waals surface area (Å²) in [4.78, 5) is 13.8. The molecule has 0 aromatic carbocycles. The minimum atomic E-state index is -0.690. The van der Waals surface area contributed by atoms with Gasteiger partial charge in [0.1, 0.15) is 0 Å². The summed E-state index contributed by atoms with van der Waals surface area (Å²) >= 11 is 0. The molecule has 0 aliphatic carbocycles. The Labute approximate surface area is 126 Å². The monoisotopic (exact) mass is 293 g/mol. The third-order valence-corrected chi connectivity index (χ3v) is 4.80. The highest BCUT2D eigenvalue weighted by Crippen LogP contribution is 2.34. The van der Waals surface area contributed by atoms with E-state index in [2.05, 4.69) is 23.1 Å². The molecule has 21 heavy (non-hydrogen) atoms. The molecular formula is C16H27N3O2. The Morgan fingerprint density at radius 2 is 2.24 bits per heavy atom. The number of rotatable bonds is 5. The van der Waals surface area contributed by atoms with E-state index in [1.807, 2.05) is 25.6 Å². The van der Waals surface area contributed by atoms with E-state index < -0.39 is 11.4 Å². The van der Waals surface area contributed by atoms with Gasteiger partial charge in [-0.05, 0) is 45.6 Å². The topological polar surface area (TPSA) is 58.4 Å². The van der Waals surface area contributed by atoms with Crippen LogP contribution in [-0.2, 0) is 24.8 Å². The van der Waals surface area contributed by atoms with Crippen LogP contribution in [-0.4, -0.2) is 38.8 Å². The Morgan fingerprint density at radius 3 is 2.86 bits per heavy atom. The molecule has 2 heterocycles. The second-order valence-electron chi connectivity index (χ2n) is 6.73. The number of aliphatic carboxylic acids is 1. The smallest absolute Gasteiger partial charge is 0.309 e. The maximum Gasteiger partial charge on any atom is 0.309 e. The van der Waals surface area contributed by atoms with Crippen molar-refractivity contribution in [2.45, 2.75) is 46.6 Å². The number of hydrogen-bond acceptors (Lipinski definition) is 3. The number of hydrogen-bond donors (Lipinski definition) is 1. The van der Waals surface area contributed by atoms with Gasteiger partial charge in [-0.25, -0.2) is 0 Å². The predicted molar refractivity (Wildman–Crippen MR) is 82.0 cm³/mol. The summed E-state index contributed by atoms with van der Waals surface area (Å²) in [5.74, 6) is -0.476. The third kappa shape index (κ3) is 3.46. The first-order valence-corrected chi connectivity index (χ1v) is 7.81. The normalized spacial score (nSPS) is 20.7. The molecule has 2 rings (SSSR count). The van der Waals surface area contributed by atoms with Crippen LogP contribution in [0.2, 0.25) is 0 Å². The number of carbonyl (C=O) groups is 1. The maximum atomic E-state index is 11.5. The molecule has 0 amide bonds. The average Bonchev–Trinajstić information content (AvgIpc) is 2.78. The second kappa shape index (κ2) is 6.18. The first kappa shape index (κ1) is 16.0. The molecular weight excluding hydrogens is 266 g/mol. The summed E-state index contributed by atoms with van der Waals surface area (Å²) in [6, 6.07) is 0. The van der Waals surface area contributed by atoms with E-state index in [0.717, 1.165) is 44.6 Å². The van der Waals surface area contributed by atoms with Crippen LogP contribution < -0.4 is 0 Å². The fraction of sp³-hybridized carbons (Fsp3) is 0.750. The van der Waals surface area contributed by atoms with Gasteiger partial charge in [-0.1, -0.05) is 6.92 Å². The van der Waals surface area contributed by atoms with Gasteiger partial charge >= 0.3 is 5.97 Å². The highest BCUT2D eigenvalue weighted by atomic mass is 16.4. The van der Waals surface area contributed by atoms with Gasteiger partial charge in [0.25, 0.3) is 0 Å². The van der Waals surface area contributed by atoms with E-state index in [4.69, 9.17) is 0 Å². The summed E-state index contributed by atoms with van der Waals surface area (Å²) in [5.41, 5.74) is 1.77. The summed E-state index contributed by atoms with van der Waals surface area (Å²) in [6.07, 6.45) is 5.10. The zero-order valence-corrected chi connectivity index (χ0v) is 13.6. The molecule has 118 valence electrons. The third-order valence-electron chi connectivity index (χ3n) is 4.80. The summed E-state index contributed by atoms with van der Waals surface area (Å²) in [5, 5.41) is 13.9. The number of nitrogens with zero attached hydrogens (tertiary/aromatic N) is 3. The highest BCUT2D eigenvalue weighted by molar-refractivity contribution is 5.74. The van der Waals surface area contributed by atoms with Crippen molar-refractivity contribution < 1.29 is 9.90 Å². The fourth-order valence-corrected chi connectivity index (χ4v) is 3.22. The van der Waals surface area contributed by atoms with Gasteiger partial charge in [-0.15, -0.1) is 0 Å². The quantitative estimate of drug-likeness (QED) is 0.905. The lowest BCUT2D eigenvalue weighted by molar-refractivity contribution is -0.151. The second-order valence-corrected chi connectivity index (χ2v) is 6.73. The first-order chi connectivity index (χ1) is 9.84. The maximum absolute atomic E-state index is 11.5. The van der Waals surface area contributed by atoms with Crippen molar-refractivity contribution >= 4 is 5.97 Å². The first-order valence-electron chi connectivity index (χ1n) is 7.81. The van der Waals surface area contributed by atoms with Crippen LogP contribution in [0.5, 0.6) is 0 Å².